The summed E-state index contributed by atoms with van der Waals surface area (Å²) in [6, 6.07) is 0. The van der Waals surface area contributed by atoms with Crippen LogP contribution in [-0.2, 0) is 0 Å². The van der Waals surface area contributed by atoms with Crippen LogP contribution in [0.15, 0.2) is 0 Å². The summed E-state index contributed by atoms with van der Waals surface area (Å²) >= 11 is 5.75. The number of alkyl halides is 1. The zero-order chi connectivity index (χ0) is 5.33. The summed E-state index contributed by atoms with van der Waals surface area (Å²) in [5, 5.41) is 0. The third kappa shape index (κ3) is 1.32. The Kier molecular flexibility index (Phi) is 1.26. The van der Waals surface area contributed by atoms with E-state index in [1.807, 2.05) is 0 Å². The van der Waals surface area contributed by atoms with E-state index in [-0.39, 0.29) is 5.00 Å². The third-order valence-electron chi connectivity index (χ3n) is 1.43. The molecule has 0 aliphatic heterocycles. The van der Waals surface area contributed by atoms with Crippen LogP contribution in [0.4, 0.5) is 0 Å². The SMILES string of the molecule is NC1(Cl)CCCC1. The van der Waals surface area contributed by atoms with Crippen LogP contribution in [0.3, 0.4) is 0 Å². The predicted molar refractivity (Wildman–Crippen MR) is 31.2 cm³/mol. The van der Waals surface area contributed by atoms with E-state index in [0.29, 0.717) is 0 Å². The zero-order valence-corrected chi connectivity index (χ0v) is 5.04. The Balaban J connectivity index is 2.40. The predicted octanol–water partition coefficient (Wildman–Crippen LogP) is 1.45. The van der Waals surface area contributed by atoms with Gasteiger partial charge in [-0.25, -0.2) is 0 Å². The molecule has 0 unspecified atom stereocenters. The van der Waals surface area contributed by atoms with Gasteiger partial charge >= 0.3 is 0 Å². The van der Waals surface area contributed by atoms with Gasteiger partial charge in [0.25, 0.3) is 0 Å². The Labute approximate surface area is 48.8 Å². The van der Waals surface area contributed by atoms with Gasteiger partial charge in [-0.05, 0) is 12.8 Å². The van der Waals surface area contributed by atoms with Gasteiger partial charge in [0.1, 0.15) is 0 Å². The first-order chi connectivity index (χ1) is 3.21. The number of nitrogens with two attached hydrogens (primary N) is 1. The van der Waals surface area contributed by atoms with E-state index < -0.39 is 0 Å². The average molecular weight is 120 g/mol. The van der Waals surface area contributed by atoms with E-state index >= 15 is 0 Å². The van der Waals surface area contributed by atoms with Crippen molar-refractivity contribution in [2.45, 2.75) is 30.7 Å². The molecule has 1 saturated carbocycles. The Hall–Kier alpha value is 0.250. The van der Waals surface area contributed by atoms with Crippen molar-refractivity contribution < 1.29 is 0 Å². The molecule has 42 valence electrons. The molecule has 1 fully saturated rings. The van der Waals surface area contributed by atoms with Gasteiger partial charge in [0.2, 0.25) is 0 Å². The molecule has 0 aromatic heterocycles. The van der Waals surface area contributed by atoms with Crippen LogP contribution in [0.25, 0.3) is 0 Å². The van der Waals surface area contributed by atoms with Crippen LogP contribution in [0, 0.1) is 0 Å². The van der Waals surface area contributed by atoms with Crippen LogP contribution in [0.2, 0.25) is 0 Å². The maximum Gasteiger partial charge on any atom is 0.0910 e. The molecule has 0 aromatic carbocycles. The molecule has 2 N–H and O–H groups in total. The smallest absolute Gasteiger partial charge is 0.0910 e. The zero-order valence-electron chi connectivity index (χ0n) is 4.28. The van der Waals surface area contributed by atoms with Gasteiger partial charge in [-0.1, -0.05) is 12.8 Å². The van der Waals surface area contributed by atoms with E-state index in [1.165, 1.54) is 12.8 Å². The van der Waals surface area contributed by atoms with Crippen LogP contribution in [-0.4, -0.2) is 5.00 Å². The fraction of sp³-hybridized carbons (Fsp3) is 1.00. The molecule has 0 spiro atoms. The molecule has 1 aliphatic carbocycles. The molecule has 0 heterocycles. The van der Waals surface area contributed by atoms with Crippen LogP contribution in [0.5, 0.6) is 0 Å². The minimum atomic E-state index is -0.333. The molecule has 1 aliphatic rings. The molecule has 0 bridgehead atoms. The molecular weight excluding hydrogens is 110 g/mol. The van der Waals surface area contributed by atoms with Crippen LogP contribution >= 0.6 is 11.6 Å². The van der Waals surface area contributed by atoms with Crippen molar-refractivity contribution in [3.63, 3.8) is 0 Å². The number of halogens is 1. The number of rotatable bonds is 0. The van der Waals surface area contributed by atoms with Gasteiger partial charge in [-0.15, -0.1) is 11.6 Å². The first-order valence-corrected chi connectivity index (χ1v) is 3.06. The average Bonchev–Trinajstić information content (AvgIpc) is 1.84. The summed E-state index contributed by atoms with van der Waals surface area (Å²) in [5.74, 6) is 0. The van der Waals surface area contributed by atoms with Crippen molar-refractivity contribution in [2.24, 2.45) is 5.73 Å². The molecule has 0 atom stereocenters. The van der Waals surface area contributed by atoms with Gasteiger partial charge in [0.15, 0.2) is 0 Å². The van der Waals surface area contributed by atoms with Crippen molar-refractivity contribution in [2.75, 3.05) is 0 Å². The van der Waals surface area contributed by atoms with Crippen molar-refractivity contribution in [1.29, 1.82) is 0 Å². The van der Waals surface area contributed by atoms with Crippen molar-refractivity contribution in [3.05, 3.63) is 0 Å². The lowest BCUT2D eigenvalue weighted by molar-refractivity contribution is 0.625. The van der Waals surface area contributed by atoms with Crippen LogP contribution in [0.1, 0.15) is 25.7 Å². The summed E-state index contributed by atoms with van der Waals surface area (Å²) in [5.41, 5.74) is 5.54. The van der Waals surface area contributed by atoms with Gasteiger partial charge in [0.05, 0.1) is 5.00 Å². The van der Waals surface area contributed by atoms with Gasteiger partial charge in [-0.3, -0.25) is 0 Å². The van der Waals surface area contributed by atoms with Crippen molar-refractivity contribution in [1.82, 2.24) is 0 Å². The summed E-state index contributed by atoms with van der Waals surface area (Å²) in [6.07, 6.45) is 4.41. The molecule has 7 heavy (non-hydrogen) atoms. The second kappa shape index (κ2) is 1.64. The standard InChI is InChI=1S/C5H10ClN/c6-5(7)3-1-2-4-5/h1-4,7H2. The van der Waals surface area contributed by atoms with Gasteiger partial charge in [0, 0.05) is 0 Å². The second-order valence-electron chi connectivity index (χ2n) is 2.24. The molecule has 1 nitrogen and oxygen atoms in total. The highest BCUT2D eigenvalue weighted by atomic mass is 35.5. The highest BCUT2D eigenvalue weighted by molar-refractivity contribution is 6.23. The van der Waals surface area contributed by atoms with E-state index in [0.717, 1.165) is 12.8 Å². The molecule has 2 heteroatoms. The third-order valence-corrected chi connectivity index (χ3v) is 1.81. The second-order valence-corrected chi connectivity index (χ2v) is 2.99. The number of hydrogen-bond donors (Lipinski definition) is 1. The lowest BCUT2D eigenvalue weighted by Crippen LogP contribution is -2.28. The summed E-state index contributed by atoms with van der Waals surface area (Å²) in [4.78, 5) is -0.333. The Morgan fingerprint density at radius 2 is 1.71 bits per heavy atom. The van der Waals surface area contributed by atoms with Gasteiger partial charge in [-0.2, -0.15) is 0 Å². The lowest BCUT2D eigenvalue weighted by Gasteiger charge is -2.10. The fourth-order valence-corrected chi connectivity index (χ4v) is 1.23. The summed E-state index contributed by atoms with van der Waals surface area (Å²) < 4.78 is 0. The highest BCUT2D eigenvalue weighted by Crippen LogP contribution is 2.29. The minimum Gasteiger partial charge on any atom is -0.313 e. The summed E-state index contributed by atoms with van der Waals surface area (Å²) in [6.45, 7) is 0. The quantitative estimate of drug-likeness (QED) is 0.379. The van der Waals surface area contributed by atoms with Crippen molar-refractivity contribution in [3.8, 4) is 0 Å². The van der Waals surface area contributed by atoms with E-state index in [1.54, 1.807) is 0 Å². The molecule has 0 radical (unpaired) electrons. The number of hydrogen-bond acceptors (Lipinski definition) is 1. The monoisotopic (exact) mass is 119 g/mol. The molecular formula is C5H10ClN. The normalized spacial score (nSPS) is 28.3. The molecule has 1 rings (SSSR count). The summed E-state index contributed by atoms with van der Waals surface area (Å²) in [7, 11) is 0. The maximum atomic E-state index is 5.75. The Bertz CT molecular complexity index is 62.5. The first kappa shape index (κ1) is 5.39. The Morgan fingerprint density at radius 1 is 1.29 bits per heavy atom. The highest BCUT2D eigenvalue weighted by Gasteiger charge is 2.25. The lowest BCUT2D eigenvalue weighted by atomic mass is 10.3. The minimum absolute atomic E-state index is 0.333. The largest absolute Gasteiger partial charge is 0.313 e. The molecule has 0 aromatic rings. The van der Waals surface area contributed by atoms with Gasteiger partial charge < -0.3 is 5.73 Å². The Morgan fingerprint density at radius 3 is 1.86 bits per heavy atom. The van der Waals surface area contributed by atoms with Crippen LogP contribution < -0.4 is 5.73 Å². The van der Waals surface area contributed by atoms with Crippen molar-refractivity contribution >= 4 is 11.6 Å². The van der Waals surface area contributed by atoms with E-state index in [4.69, 9.17) is 17.3 Å². The molecule has 0 amide bonds. The van der Waals surface area contributed by atoms with E-state index in [9.17, 15) is 0 Å². The topological polar surface area (TPSA) is 26.0 Å². The molecule has 0 saturated heterocycles. The van der Waals surface area contributed by atoms with E-state index in [2.05, 4.69) is 0 Å². The maximum absolute atomic E-state index is 5.75. The fourth-order valence-electron chi connectivity index (χ4n) is 0.963. The first-order valence-electron chi connectivity index (χ1n) is 2.68.